The van der Waals surface area contributed by atoms with Gasteiger partial charge >= 0.3 is 6.09 Å². The molecule has 0 saturated heterocycles. The lowest BCUT2D eigenvalue weighted by atomic mass is 9.90. The number of rotatable bonds is 9. The summed E-state index contributed by atoms with van der Waals surface area (Å²) >= 11 is 6.45. The van der Waals surface area contributed by atoms with Crippen molar-refractivity contribution < 1.29 is 19.1 Å². The Hall–Kier alpha value is -3.06. The van der Waals surface area contributed by atoms with E-state index in [1.807, 2.05) is 84.9 Å². The molecule has 0 saturated carbocycles. The second kappa shape index (κ2) is 12.9. The second-order valence-corrected chi connectivity index (χ2v) is 12.4. The van der Waals surface area contributed by atoms with Crippen LogP contribution in [0.5, 0.6) is 0 Å². The largest absolute Gasteiger partial charge is 0.444 e. The number of carbonyl (C=O) groups excluding carboxylic acids is 3. The van der Waals surface area contributed by atoms with Gasteiger partial charge in [-0.25, -0.2) is 4.79 Å². The maximum absolute atomic E-state index is 14.4. The first-order chi connectivity index (χ1) is 18.0. The molecule has 8 heteroatoms. The topological polar surface area (TPSA) is 87.7 Å². The third kappa shape index (κ3) is 8.46. The van der Waals surface area contributed by atoms with Gasteiger partial charge in [-0.3, -0.25) is 9.59 Å². The highest BCUT2D eigenvalue weighted by Crippen LogP contribution is 2.35. The van der Waals surface area contributed by atoms with E-state index in [0.717, 1.165) is 11.1 Å². The molecule has 0 aromatic heterocycles. The number of nitrogens with zero attached hydrogens (tertiary/aromatic N) is 1. The maximum Gasteiger partial charge on any atom is 0.408 e. The van der Waals surface area contributed by atoms with Crippen molar-refractivity contribution in [1.29, 1.82) is 0 Å². The Balaban J connectivity index is 2.66. The van der Waals surface area contributed by atoms with Crippen molar-refractivity contribution in [3.8, 4) is 0 Å². The zero-order chi connectivity index (χ0) is 29.7. The van der Waals surface area contributed by atoms with Gasteiger partial charge in [0, 0.05) is 5.54 Å². The number of aryl methyl sites for hydroxylation is 2. The molecule has 2 rings (SSSR count). The van der Waals surface area contributed by atoms with Crippen LogP contribution in [0.4, 0.5) is 10.5 Å². The van der Waals surface area contributed by atoms with Crippen LogP contribution in [-0.2, 0) is 14.3 Å². The van der Waals surface area contributed by atoms with Gasteiger partial charge in [0.25, 0.3) is 5.91 Å². The highest BCUT2D eigenvalue weighted by molar-refractivity contribution is 6.34. The molecule has 0 fully saturated rings. The molecule has 0 aliphatic carbocycles. The Morgan fingerprint density at radius 1 is 0.974 bits per heavy atom. The van der Waals surface area contributed by atoms with E-state index in [4.69, 9.17) is 16.3 Å². The fraction of sp³-hybridized carbons (Fsp3) is 0.516. The van der Waals surface area contributed by atoms with Gasteiger partial charge in [-0.05, 0) is 78.0 Å². The number of hydrogen-bond acceptors (Lipinski definition) is 4. The Morgan fingerprint density at radius 2 is 1.56 bits per heavy atom. The summed E-state index contributed by atoms with van der Waals surface area (Å²) in [5.74, 6) is -1.04. The van der Waals surface area contributed by atoms with E-state index < -0.39 is 35.2 Å². The predicted molar refractivity (Wildman–Crippen MR) is 158 cm³/mol. The smallest absolute Gasteiger partial charge is 0.408 e. The number of hydrogen-bond donors (Lipinski definition) is 2. The Morgan fingerprint density at radius 3 is 2.05 bits per heavy atom. The molecule has 2 unspecified atom stereocenters. The van der Waals surface area contributed by atoms with Crippen molar-refractivity contribution in [3.63, 3.8) is 0 Å². The molecule has 0 aliphatic rings. The van der Waals surface area contributed by atoms with Gasteiger partial charge in [-0.15, -0.1) is 0 Å². The van der Waals surface area contributed by atoms with Crippen molar-refractivity contribution in [3.05, 3.63) is 64.2 Å². The van der Waals surface area contributed by atoms with E-state index in [2.05, 4.69) is 10.6 Å². The third-order valence-electron chi connectivity index (χ3n) is 6.73. The fourth-order valence-corrected chi connectivity index (χ4v) is 4.46. The Kier molecular flexibility index (Phi) is 10.6. The molecular formula is C31H44ClN3O4. The first-order valence-corrected chi connectivity index (χ1v) is 13.8. The van der Waals surface area contributed by atoms with Crippen molar-refractivity contribution in [2.24, 2.45) is 5.92 Å². The van der Waals surface area contributed by atoms with E-state index >= 15 is 0 Å². The van der Waals surface area contributed by atoms with Crippen LogP contribution in [0.3, 0.4) is 0 Å². The summed E-state index contributed by atoms with van der Waals surface area (Å²) in [5.41, 5.74) is 1.50. The zero-order valence-electron chi connectivity index (χ0n) is 24.9. The maximum atomic E-state index is 14.4. The summed E-state index contributed by atoms with van der Waals surface area (Å²) in [6.45, 7) is 18.6. The first kappa shape index (κ1) is 32.2. The molecule has 2 N–H and O–H groups in total. The Labute approximate surface area is 238 Å². The van der Waals surface area contributed by atoms with E-state index in [1.165, 1.54) is 0 Å². The average molecular weight is 558 g/mol. The summed E-state index contributed by atoms with van der Waals surface area (Å²) in [5, 5.41) is 6.16. The number of para-hydroxylation sites is 1. The van der Waals surface area contributed by atoms with Gasteiger partial charge in [0.1, 0.15) is 17.7 Å². The SMILES string of the molecule is CCC(C)(C)N(C(=O)C(NC(=O)OC(C)(C)C)C(C)C)C(C(=O)Nc1c(C)cccc1Cl)c1ccc(C)cc1. The monoisotopic (exact) mass is 557 g/mol. The normalized spacial score (nSPS) is 13.4. The molecule has 0 heterocycles. The fourth-order valence-electron chi connectivity index (χ4n) is 4.19. The van der Waals surface area contributed by atoms with Crippen LogP contribution in [-0.4, -0.2) is 40.0 Å². The van der Waals surface area contributed by atoms with Gasteiger partial charge in [-0.1, -0.05) is 74.3 Å². The lowest BCUT2D eigenvalue weighted by Crippen LogP contribution is -2.60. The van der Waals surface area contributed by atoms with Crippen LogP contribution in [0.2, 0.25) is 5.02 Å². The number of halogens is 1. The quantitative estimate of drug-likeness (QED) is 0.341. The average Bonchev–Trinajstić information content (AvgIpc) is 2.82. The van der Waals surface area contributed by atoms with E-state index in [0.29, 0.717) is 22.7 Å². The molecule has 39 heavy (non-hydrogen) atoms. The first-order valence-electron chi connectivity index (χ1n) is 13.4. The number of nitrogens with one attached hydrogen (secondary N) is 2. The van der Waals surface area contributed by atoms with Crippen LogP contribution in [0.25, 0.3) is 0 Å². The molecule has 0 aliphatic heterocycles. The number of ether oxygens (including phenoxy) is 1. The molecule has 3 amide bonds. The third-order valence-corrected chi connectivity index (χ3v) is 7.04. The second-order valence-electron chi connectivity index (χ2n) is 12.0. The molecule has 214 valence electrons. The summed E-state index contributed by atoms with van der Waals surface area (Å²) < 4.78 is 5.46. The lowest BCUT2D eigenvalue weighted by molar-refractivity contribution is -0.148. The summed E-state index contributed by atoms with van der Waals surface area (Å²) in [4.78, 5) is 42.9. The van der Waals surface area contributed by atoms with Crippen molar-refractivity contribution in [2.45, 2.75) is 98.9 Å². The molecule has 2 aromatic rings. The van der Waals surface area contributed by atoms with Crippen LogP contribution in [0, 0.1) is 19.8 Å². The number of carbonyl (C=O) groups is 3. The molecule has 0 spiro atoms. The molecule has 2 atom stereocenters. The standard InChI is InChI=1S/C31H44ClN3O4/c1-11-31(9,10)35(28(37)24(19(2)3)34-29(38)39-30(6,7)8)26(22-17-15-20(4)16-18-22)27(36)33-25-21(5)13-12-14-23(25)32/h12-19,24,26H,11H2,1-10H3,(H,33,36)(H,34,38). The summed E-state index contributed by atoms with van der Waals surface area (Å²) in [6.07, 6.45) is -0.122. The van der Waals surface area contributed by atoms with E-state index in [9.17, 15) is 14.4 Å². The molecule has 0 radical (unpaired) electrons. The Bertz CT molecular complexity index is 1150. The minimum atomic E-state index is -0.995. The van der Waals surface area contributed by atoms with Crippen molar-refractivity contribution >= 4 is 35.2 Å². The molecule has 2 aromatic carbocycles. The van der Waals surface area contributed by atoms with Gasteiger partial charge in [0.15, 0.2) is 0 Å². The van der Waals surface area contributed by atoms with E-state index in [1.54, 1.807) is 31.7 Å². The van der Waals surface area contributed by atoms with Crippen molar-refractivity contribution in [2.75, 3.05) is 5.32 Å². The zero-order valence-corrected chi connectivity index (χ0v) is 25.7. The van der Waals surface area contributed by atoms with Gasteiger partial charge in [0.2, 0.25) is 5.91 Å². The van der Waals surface area contributed by atoms with Gasteiger partial charge < -0.3 is 20.3 Å². The minimum absolute atomic E-state index is 0.271. The summed E-state index contributed by atoms with van der Waals surface area (Å²) in [7, 11) is 0. The van der Waals surface area contributed by atoms with Gasteiger partial charge in [-0.2, -0.15) is 0 Å². The number of alkyl carbamates (subject to hydrolysis) is 1. The highest BCUT2D eigenvalue weighted by atomic mass is 35.5. The van der Waals surface area contributed by atoms with Crippen LogP contribution in [0.1, 0.15) is 84.5 Å². The van der Waals surface area contributed by atoms with Crippen molar-refractivity contribution in [1.82, 2.24) is 10.2 Å². The lowest BCUT2D eigenvalue weighted by Gasteiger charge is -2.45. The predicted octanol–water partition coefficient (Wildman–Crippen LogP) is 7.20. The minimum Gasteiger partial charge on any atom is -0.444 e. The van der Waals surface area contributed by atoms with E-state index in [-0.39, 0.29) is 11.8 Å². The summed E-state index contributed by atoms with van der Waals surface area (Å²) in [6, 6.07) is 11.0. The number of benzene rings is 2. The molecular weight excluding hydrogens is 514 g/mol. The van der Waals surface area contributed by atoms with Crippen LogP contribution >= 0.6 is 11.6 Å². The highest BCUT2D eigenvalue weighted by Gasteiger charge is 2.44. The molecule has 7 nitrogen and oxygen atoms in total. The number of anilines is 1. The van der Waals surface area contributed by atoms with Gasteiger partial charge in [0.05, 0.1) is 10.7 Å². The molecule has 0 bridgehead atoms. The number of amides is 3. The van der Waals surface area contributed by atoms with Crippen LogP contribution < -0.4 is 10.6 Å². The van der Waals surface area contributed by atoms with Crippen LogP contribution in [0.15, 0.2) is 42.5 Å².